The first-order valence-electron chi connectivity index (χ1n) is 13.2. The van der Waals surface area contributed by atoms with Crippen LogP contribution in [-0.2, 0) is 20.7 Å². The van der Waals surface area contributed by atoms with Crippen LogP contribution in [0.5, 0.6) is 0 Å². The zero-order chi connectivity index (χ0) is 27.0. The molecular weight excluding hydrogens is 468 g/mol. The molecule has 1 unspecified atom stereocenters. The molecule has 3 N–H and O–H groups in total. The molecule has 1 aliphatic rings. The number of hydrogen-bond donors (Lipinski definition) is 3. The maximum absolute atomic E-state index is 12.8. The van der Waals surface area contributed by atoms with Crippen LogP contribution in [0.15, 0.2) is 42.5 Å². The van der Waals surface area contributed by atoms with Crippen molar-refractivity contribution in [1.29, 1.82) is 0 Å². The van der Waals surface area contributed by atoms with E-state index in [1.54, 1.807) is 0 Å². The average molecular weight is 509 g/mol. The van der Waals surface area contributed by atoms with Gasteiger partial charge in [0.1, 0.15) is 6.10 Å². The minimum absolute atomic E-state index is 0.119. The largest absolute Gasteiger partial charge is 0.481 e. The van der Waals surface area contributed by atoms with Gasteiger partial charge in [-0.1, -0.05) is 42.5 Å². The number of ether oxygens (including phenoxy) is 1. The van der Waals surface area contributed by atoms with E-state index in [2.05, 4.69) is 11.8 Å². The van der Waals surface area contributed by atoms with E-state index in [1.807, 2.05) is 42.5 Å². The van der Waals surface area contributed by atoms with Gasteiger partial charge in [-0.3, -0.25) is 9.59 Å². The van der Waals surface area contributed by atoms with E-state index in [9.17, 15) is 19.8 Å². The molecule has 1 aromatic carbocycles. The quantitative estimate of drug-likeness (QED) is 0.131. The standard InChI is InChI=1S/C31H40O6/c1-3-12-24(13-4-2)31(36)37-29-22-28(33)26(16-10-5-6-11-17-30(34)35)27(29)21-20-25(32)19-18-23-14-8-7-9-15-23/h1-2,5,7-10,14-15,24-29,32-33H,6,11-13,16-22H2,(H,34,35)/t25?,26-,27-,28+,29-/m1/s1. The van der Waals surface area contributed by atoms with Crippen LogP contribution < -0.4 is 0 Å². The number of carboxylic acids is 1. The van der Waals surface area contributed by atoms with Crippen LogP contribution in [0.4, 0.5) is 0 Å². The number of unbranched alkanes of at least 4 members (excludes halogenated alkanes) is 1. The Labute approximate surface area is 221 Å². The Bertz CT molecular complexity index is 925. The fraction of sp³-hybridized carbons (Fsp3) is 0.548. The predicted octanol–water partition coefficient (Wildman–Crippen LogP) is 4.53. The predicted molar refractivity (Wildman–Crippen MR) is 143 cm³/mol. The van der Waals surface area contributed by atoms with Gasteiger partial charge < -0.3 is 20.1 Å². The van der Waals surface area contributed by atoms with Gasteiger partial charge in [-0.2, -0.15) is 0 Å². The van der Waals surface area contributed by atoms with Crippen molar-refractivity contribution in [3.05, 3.63) is 48.0 Å². The normalized spacial score (nSPS) is 22.0. The van der Waals surface area contributed by atoms with Crippen molar-refractivity contribution in [3.8, 4) is 24.7 Å². The molecule has 0 spiro atoms. The average Bonchev–Trinajstić information content (AvgIpc) is 3.17. The summed E-state index contributed by atoms with van der Waals surface area (Å²) in [6.45, 7) is 0. The number of carboxylic acid groups (broad SMARTS) is 1. The number of benzene rings is 1. The van der Waals surface area contributed by atoms with Gasteiger partial charge in [-0.05, 0) is 56.4 Å². The molecule has 0 aliphatic heterocycles. The minimum Gasteiger partial charge on any atom is -0.481 e. The fourth-order valence-corrected chi connectivity index (χ4v) is 5.03. The summed E-state index contributed by atoms with van der Waals surface area (Å²) in [6, 6.07) is 10.0. The summed E-state index contributed by atoms with van der Waals surface area (Å²) in [5.74, 6) is 2.89. The Hall–Kier alpha value is -3.06. The van der Waals surface area contributed by atoms with Crippen molar-refractivity contribution in [2.24, 2.45) is 17.8 Å². The van der Waals surface area contributed by atoms with Crippen molar-refractivity contribution in [2.45, 2.75) is 88.9 Å². The number of esters is 1. The van der Waals surface area contributed by atoms with Gasteiger partial charge in [-0.25, -0.2) is 0 Å². The summed E-state index contributed by atoms with van der Waals surface area (Å²) in [4.78, 5) is 23.5. The first kappa shape index (κ1) is 30.2. The number of aliphatic hydroxyl groups excluding tert-OH is 2. The molecule has 0 saturated heterocycles. The number of aryl methyl sites for hydroxylation is 1. The van der Waals surface area contributed by atoms with Crippen LogP contribution in [-0.4, -0.2) is 45.6 Å². The molecule has 37 heavy (non-hydrogen) atoms. The Morgan fingerprint density at radius 3 is 2.43 bits per heavy atom. The lowest BCUT2D eigenvalue weighted by molar-refractivity contribution is -0.156. The maximum Gasteiger partial charge on any atom is 0.311 e. The highest BCUT2D eigenvalue weighted by Crippen LogP contribution is 2.41. The second-order valence-electron chi connectivity index (χ2n) is 9.87. The van der Waals surface area contributed by atoms with E-state index in [4.69, 9.17) is 22.7 Å². The number of hydrogen-bond acceptors (Lipinski definition) is 5. The highest BCUT2D eigenvalue weighted by Gasteiger charge is 2.44. The summed E-state index contributed by atoms with van der Waals surface area (Å²) in [5.41, 5.74) is 1.17. The second-order valence-corrected chi connectivity index (χ2v) is 9.87. The van der Waals surface area contributed by atoms with Crippen LogP contribution in [0.1, 0.15) is 69.8 Å². The van der Waals surface area contributed by atoms with Crippen molar-refractivity contribution in [2.75, 3.05) is 0 Å². The van der Waals surface area contributed by atoms with Gasteiger partial charge in [0.05, 0.1) is 18.1 Å². The van der Waals surface area contributed by atoms with Gasteiger partial charge in [0.15, 0.2) is 0 Å². The van der Waals surface area contributed by atoms with E-state index < -0.39 is 36.2 Å². The molecule has 1 saturated carbocycles. The molecule has 1 aliphatic carbocycles. The number of allylic oxidation sites excluding steroid dienone is 2. The molecule has 2 rings (SSSR count). The zero-order valence-corrected chi connectivity index (χ0v) is 21.5. The van der Waals surface area contributed by atoms with Gasteiger partial charge >= 0.3 is 11.9 Å². The number of carbonyl (C=O) groups is 2. The number of aliphatic hydroxyl groups is 2. The van der Waals surface area contributed by atoms with E-state index in [1.165, 1.54) is 5.56 Å². The van der Waals surface area contributed by atoms with Gasteiger partial charge in [0.2, 0.25) is 0 Å². The first-order valence-corrected chi connectivity index (χ1v) is 13.2. The molecule has 6 heteroatoms. The molecule has 1 fully saturated rings. The summed E-state index contributed by atoms with van der Waals surface area (Å²) < 4.78 is 5.86. The minimum atomic E-state index is -0.817. The number of aliphatic carboxylic acids is 1. The zero-order valence-electron chi connectivity index (χ0n) is 21.5. The third-order valence-corrected chi connectivity index (χ3v) is 7.10. The molecule has 0 bridgehead atoms. The lowest BCUT2D eigenvalue weighted by atomic mass is 9.85. The molecule has 0 heterocycles. The van der Waals surface area contributed by atoms with Crippen molar-refractivity contribution >= 4 is 11.9 Å². The van der Waals surface area contributed by atoms with Crippen LogP contribution in [0.25, 0.3) is 0 Å². The molecule has 200 valence electrons. The second kappa shape index (κ2) is 16.6. The Morgan fingerprint density at radius 2 is 1.78 bits per heavy atom. The summed E-state index contributed by atoms with van der Waals surface area (Å²) in [6.07, 6.45) is 18.3. The highest BCUT2D eigenvalue weighted by atomic mass is 16.5. The van der Waals surface area contributed by atoms with Gasteiger partial charge in [0, 0.05) is 31.6 Å². The van der Waals surface area contributed by atoms with Crippen LogP contribution in [0.2, 0.25) is 0 Å². The first-order chi connectivity index (χ1) is 17.8. The fourth-order valence-electron chi connectivity index (χ4n) is 5.03. The maximum atomic E-state index is 12.8. The molecular formula is C31H40O6. The topological polar surface area (TPSA) is 104 Å². The molecule has 1 aromatic rings. The lowest BCUT2D eigenvalue weighted by Crippen LogP contribution is -2.29. The molecule has 6 nitrogen and oxygen atoms in total. The summed E-state index contributed by atoms with van der Waals surface area (Å²) >= 11 is 0. The van der Waals surface area contributed by atoms with Crippen LogP contribution in [0.3, 0.4) is 0 Å². The van der Waals surface area contributed by atoms with Gasteiger partial charge in [0.25, 0.3) is 0 Å². The molecule has 0 amide bonds. The molecule has 5 atom stereocenters. The van der Waals surface area contributed by atoms with Crippen molar-refractivity contribution in [1.82, 2.24) is 0 Å². The monoisotopic (exact) mass is 508 g/mol. The van der Waals surface area contributed by atoms with Gasteiger partial charge in [-0.15, -0.1) is 24.7 Å². The summed E-state index contributed by atoms with van der Waals surface area (Å²) in [7, 11) is 0. The summed E-state index contributed by atoms with van der Waals surface area (Å²) in [5, 5.41) is 30.3. The Kier molecular flexibility index (Phi) is 13.6. The molecule has 0 aromatic heterocycles. The van der Waals surface area contributed by atoms with E-state index in [0.29, 0.717) is 44.9 Å². The SMILES string of the molecule is C#CCC(CC#C)C(=O)O[C@@H]1C[C@H](O)[C@H](CC=CCCCC(=O)O)[C@H]1CCC(O)CCc1ccccc1. The van der Waals surface area contributed by atoms with E-state index >= 15 is 0 Å². The highest BCUT2D eigenvalue weighted by molar-refractivity contribution is 5.73. The Morgan fingerprint density at radius 1 is 1.08 bits per heavy atom. The van der Waals surface area contributed by atoms with Crippen LogP contribution in [0, 0.1) is 42.4 Å². The third kappa shape index (κ3) is 10.8. The Balaban J connectivity index is 2.02. The smallest absolute Gasteiger partial charge is 0.311 e. The van der Waals surface area contributed by atoms with Crippen molar-refractivity contribution in [3.63, 3.8) is 0 Å². The number of carbonyl (C=O) groups excluding carboxylic acids is 1. The number of terminal acetylenes is 2. The third-order valence-electron chi connectivity index (χ3n) is 7.10. The number of rotatable bonds is 16. The molecule has 0 radical (unpaired) electrons. The van der Waals surface area contributed by atoms with E-state index in [0.717, 1.165) is 6.42 Å². The van der Waals surface area contributed by atoms with E-state index in [-0.39, 0.29) is 31.1 Å². The van der Waals surface area contributed by atoms with Crippen LogP contribution >= 0.6 is 0 Å². The lowest BCUT2D eigenvalue weighted by Gasteiger charge is -2.26. The van der Waals surface area contributed by atoms with Crippen molar-refractivity contribution < 1.29 is 29.6 Å².